The summed E-state index contributed by atoms with van der Waals surface area (Å²) in [5.74, 6) is 1.42. The molecule has 0 saturated heterocycles. The molecule has 0 radical (unpaired) electrons. The van der Waals surface area contributed by atoms with E-state index in [0.29, 0.717) is 24.1 Å². The van der Waals surface area contributed by atoms with Crippen LogP contribution in [0.25, 0.3) is 11.4 Å². The van der Waals surface area contributed by atoms with Crippen LogP contribution in [0.2, 0.25) is 0 Å². The van der Waals surface area contributed by atoms with Gasteiger partial charge in [0.05, 0.1) is 19.2 Å². The number of aliphatic hydroxyl groups excluding tert-OH is 1. The molecule has 3 N–H and O–H groups in total. The zero-order chi connectivity index (χ0) is 20.2. The van der Waals surface area contributed by atoms with Crippen molar-refractivity contribution in [3.63, 3.8) is 0 Å². The second kappa shape index (κ2) is 8.10. The molecular formula is C18H18N6O5. The SMILES string of the molecule is O=C(O)N[C@H](CO)Cn1nnc(-c2cccc([C@@H]3COc4cccnc4O3)c2)n1. The zero-order valence-corrected chi connectivity index (χ0v) is 15.2. The standard InChI is InChI=1S/C18H18N6O5/c25-9-13(20-18(26)27)8-24-22-16(21-23-24)12-4-1-3-11(7-12)15-10-28-14-5-2-6-19-17(14)29-15/h1-7,13,15,20,25H,8-10H2,(H,26,27)/t13-,15-/m0/s1. The Labute approximate surface area is 164 Å². The van der Waals surface area contributed by atoms with Gasteiger partial charge in [-0.2, -0.15) is 4.80 Å². The van der Waals surface area contributed by atoms with Gasteiger partial charge in [0.25, 0.3) is 5.88 Å². The van der Waals surface area contributed by atoms with Crippen LogP contribution in [0.15, 0.2) is 42.6 Å². The van der Waals surface area contributed by atoms with Crippen molar-refractivity contribution in [3.8, 4) is 23.0 Å². The Morgan fingerprint density at radius 2 is 2.24 bits per heavy atom. The number of hydrogen-bond donors (Lipinski definition) is 3. The van der Waals surface area contributed by atoms with Gasteiger partial charge in [-0.15, -0.1) is 10.2 Å². The van der Waals surface area contributed by atoms with Crippen LogP contribution in [0.1, 0.15) is 11.7 Å². The average molecular weight is 398 g/mol. The highest BCUT2D eigenvalue weighted by atomic mass is 16.6. The van der Waals surface area contributed by atoms with Gasteiger partial charge in [0.15, 0.2) is 11.9 Å². The number of rotatable bonds is 6. The molecule has 1 amide bonds. The number of carboxylic acid groups (broad SMARTS) is 1. The van der Waals surface area contributed by atoms with E-state index in [2.05, 4.69) is 25.7 Å². The topological polar surface area (TPSA) is 145 Å². The fourth-order valence-electron chi connectivity index (χ4n) is 2.91. The molecule has 2 atom stereocenters. The number of aliphatic hydroxyl groups is 1. The molecule has 0 fully saturated rings. The fourth-order valence-corrected chi connectivity index (χ4v) is 2.91. The number of ether oxygens (including phenoxy) is 2. The summed E-state index contributed by atoms with van der Waals surface area (Å²) in [6.45, 7) is 0.0199. The van der Waals surface area contributed by atoms with Crippen molar-refractivity contribution in [2.24, 2.45) is 0 Å². The quantitative estimate of drug-likeness (QED) is 0.551. The molecule has 0 bridgehead atoms. The van der Waals surface area contributed by atoms with Crippen LogP contribution in [-0.4, -0.2) is 60.8 Å². The molecule has 0 unspecified atom stereocenters. The van der Waals surface area contributed by atoms with E-state index in [4.69, 9.17) is 14.6 Å². The number of amides is 1. The molecule has 1 aromatic carbocycles. The molecule has 11 heteroatoms. The smallest absolute Gasteiger partial charge is 0.405 e. The van der Waals surface area contributed by atoms with Crippen molar-refractivity contribution in [2.75, 3.05) is 13.2 Å². The van der Waals surface area contributed by atoms with Crippen LogP contribution in [0.4, 0.5) is 4.79 Å². The van der Waals surface area contributed by atoms with E-state index in [9.17, 15) is 9.90 Å². The highest BCUT2D eigenvalue weighted by Gasteiger charge is 2.24. The minimum absolute atomic E-state index is 0.0531. The van der Waals surface area contributed by atoms with E-state index in [1.165, 1.54) is 4.80 Å². The van der Waals surface area contributed by atoms with Gasteiger partial charge in [-0.05, 0) is 29.0 Å². The molecule has 0 aliphatic carbocycles. The van der Waals surface area contributed by atoms with Gasteiger partial charge in [-0.1, -0.05) is 18.2 Å². The lowest BCUT2D eigenvalue weighted by Crippen LogP contribution is -2.40. The van der Waals surface area contributed by atoms with E-state index in [-0.39, 0.29) is 19.3 Å². The average Bonchev–Trinajstić information content (AvgIpc) is 3.21. The molecule has 1 aliphatic rings. The predicted octanol–water partition coefficient (Wildman–Crippen LogP) is 0.876. The summed E-state index contributed by atoms with van der Waals surface area (Å²) in [5, 5.41) is 32.4. The number of hydrogen-bond acceptors (Lipinski definition) is 8. The minimum atomic E-state index is -1.23. The van der Waals surface area contributed by atoms with Gasteiger partial charge >= 0.3 is 6.09 Å². The monoisotopic (exact) mass is 398 g/mol. The van der Waals surface area contributed by atoms with E-state index in [0.717, 1.165) is 11.1 Å². The minimum Gasteiger partial charge on any atom is -0.484 e. The summed E-state index contributed by atoms with van der Waals surface area (Å²) in [5.41, 5.74) is 1.59. The first-order valence-corrected chi connectivity index (χ1v) is 8.85. The van der Waals surface area contributed by atoms with Crippen LogP contribution in [0, 0.1) is 0 Å². The Bertz CT molecular complexity index is 1010. The van der Waals surface area contributed by atoms with E-state index >= 15 is 0 Å². The lowest BCUT2D eigenvalue weighted by Gasteiger charge is -2.25. The number of benzene rings is 1. The first-order chi connectivity index (χ1) is 14.1. The van der Waals surface area contributed by atoms with Gasteiger partial charge in [0.2, 0.25) is 5.82 Å². The lowest BCUT2D eigenvalue weighted by atomic mass is 10.1. The Balaban J connectivity index is 1.50. The fraction of sp³-hybridized carbons (Fsp3) is 0.278. The molecule has 0 saturated carbocycles. The first kappa shape index (κ1) is 18.6. The van der Waals surface area contributed by atoms with Gasteiger partial charge in [-0.3, -0.25) is 0 Å². The maximum Gasteiger partial charge on any atom is 0.405 e. The highest BCUT2D eigenvalue weighted by Crippen LogP contribution is 2.34. The van der Waals surface area contributed by atoms with Crippen molar-refractivity contribution in [2.45, 2.75) is 18.7 Å². The van der Waals surface area contributed by atoms with Crippen LogP contribution < -0.4 is 14.8 Å². The second-order valence-electron chi connectivity index (χ2n) is 6.35. The number of pyridine rings is 1. The number of carbonyl (C=O) groups is 1. The van der Waals surface area contributed by atoms with Crippen LogP contribution in [-0.2, 0) is 6.54 Å². The van der Waals surface area contributed by atoms with Gasteiger partial charge in [0.1, 0.15) is 6.61 Å². The van der Waals surface area contributed by atoms with Crippen molar-refractivity contribution in [3.05, 3.63) is 48.2 Å². The maximum atomic E-state index is 10.7. The summed E-state index contributed by atoms with van der Waals surface area (Å²) in [7, 11) is 0. The number of fused-ring (bicyclic) bond motifs is 1. The molecule has 1 aliphatic heterocycles. The van der Waals surface area contributed by atoms with Gasteiger partial charge in [0, 0.05) is 11.8 Å². The number of tetrazole rings is 1. The highest BCUT2D eigenvalue weighted by molar-refractivity contribution is 5.64. The molecule has 0 spiro atoms. The first-order valence-electron chi connectivity index (χ1n) is 8.85. The normalized spacial score (nSPS) is 16.2. The summed E-state index contributed by atoms with van der Waals surface area (Å²) < 4.78 is 11.6. The van der Waals surface area contributed by atoms with Crippen molar-refractivity contribution < 1.29 is 24.5 Å². The predicted molar refractivity (Wildman–Crippen MR) is 98.4 cm³/mol. The molecule has 3 aromatic rings. The second-order valence-corrected chi connectivity index (χ2v) is 6.35. The van der Waals surface area contributed by atoms with Crippen LogP contribution in [0.5, 0.6) is 11.6 Å². The molecule has 150 valence electrons. The molecule has 2 aromatic heterocycles. The van der Waals surface area contributed by atoms with Crippen LogP contribution >= 0.6 is 0 Å². The Morgan fingerprint density at radius 1 is 1.34 bits per heavy atom. The third-order valence-electron chi connectivity index (χ3n) is 4.28. The van der Waals surface area contributed by atoms with Crippen LogP contribution in [0.3, 0.4) is 0 Å². The Morgan fingerprint density at radius 3 is 3.07 bits per heavy atom. The molecule has 3 heterocycles. The summed E-state index contributed by atoms with van der Waals surface area (Å²) in [6.07, 6.45) is 0.0796. The third-order valence-corrected chi connectivity index (χ3v) is 4.28. The van der Waals surface area contributed by atoms with E-state index < -0.39 is 12.1 Å². The zero-order valence-electron chi connectivity index (χ0n) is 15.2. The largest absolute Gasteiger partial charge is 0.484 e. The molecule has 11 nitrogen and oxygen atoms in total. The van der Waals surface area contributed by atoms with E-state index in [1.807, 2.05) is 24.3 Å². The Kier molecular flexibility index (Phi) is 5.20. The molecule has 4 rings (SSSR count). The van der Waals surface area contributed by atoms with Crippen molar-refractivity contribution in [1.82, 2.24) is 30.5 Å². The number of nitrogens with one attached hydrogen (secondary N) is 1. The maximum absolute atomic E-state index is 10.7. The number of nitrogens with zero attached hydrogens (tertiary/aromatic N) is 5. The summed E-state index contributed by atoms with van der Waals surface area (Å²) in [4.78, 5) is 16.2. The summed E-state index contributed by atoms with van der Waals surface area (Å²) in [6, 6.07) is 10.3. The van der Waals surface area contributed by atoms with Crippen molar-refractivity contribution >= 4 is 6.09 Å². The lowest BCUT2D eigenvalue weighted by molar-refractivity contribution is 0.0851. The van der Waals surface area contributed by atoms with Gasteiger partial charge < -0.3 is 25.0 Å². The molecular weight excluding hydrogens is 380 g/mol. The third kappa shape index (κ3) is 4.24. The van der Waals surface area contributed by atoms with E-state index in [1.54, 1.807) is 18.3 Å². The Hall–Kier alpha value is -3.73. The van der Waals surface area contributed by atoms with Crippen molar-refractivity contribution in [1.29, 1.82) is 0 Å². The molecule has 29 heavy (non-hydrogen) atoms. The summed E-state index contributed by atoms with van der Waals surface area (Å²) >= 11 is 0. The van der Waals surface area contributed by atoms with Gasteiger partial charge in [-0.25, -0.2) is 9.78 Å². The number of aromatic nitrogens is 5.